The Labute approximate surface area is 105 Å². The lowest BCUT2D eigenvalue weighted by atomic mass is 10.2. The lowest BCUT2D eigenvalue weighted by Gasteiger charge is -2.14. The number of nitrogens with one attached hydrogen (secondary N) is 1. The van der Waals surface area contributed by atoms with Crippen molar-refractivity contribution in [2.24, 2.45) is 0 Å². The van der Waals surface area contributed by atoms with E-state index >= 15 is 0 Å². The van der Waals surface area contributed by atoms with Gasteiger partial charge in [-0.1, -0.05) is 13.8 Å². The van der Waals surface area contributed by atoms with Gasteiger partial charge >= 0.3 is 0 Å². The molecule has 0 unspecified atom stereocenters. The molecule has 0 saturated heterocycles. The van der Waals surface area contributed by atoms with Crippen LogP contribution in [0.2, 0.25) is 0 Å². The topological polar surface area (TPSA) is 74.8 Å². The van der Waals surface area contributed by atoms with Gasteiger partial charge in [-0.2, -0.15) is 0 Å². The number of aromatic nitrogens is 4. The summed E-state index contributed by atoms with van der Waals surface area (Å²) in [6, 6.07) is 3.52. The SMILES string of the molecule is CC(C)c1nc(C(=O)N(C)c2ccncc2)n[nH]1. The van der Waals surface area contributed by atoms with E-state index in [1.807, 2.05) is 13.8 Å². The molecular weight excluding hydrogens is 230 g/mol. The zero-order chi connectivity index (χ0) is 13.1. The van der Waals surface area contributed by atoms with Crippen LogP contribution in [-0.2, 0) is 0 Å². The molecule has 0 spiro atoms. The number of carbonyl (C=O) groups is 1. The average molecular weight is 245 g/mol. The summed E-state index contributed by atoms with van der Waals surface area (Å²) < 4.78 is 0. The molecule has 2 heterocycles. The highest BCUT2D eigenvalue weighted by Gasteiger charge is 2.19. The fourth-order valence-corrected chi connectivity index (χ4v) is 1.46. The Kier molecular flexibility index (Phi) is 3.36. The van der Waals surface area contributed by atoms with Crippen molar-refractivity contribution in [1.82, 2.24) is 20.2 Å². The first-order chi connectivity index (χ1) is 8.59. The van der Waals surface area contributed by atoms with E-state index in [2.05, 4.69) is 20.2 Å². The van der Waals surface area contributed by atoms with Gasteiger partial charge in [0.1, 0.15) is 5.82 Å². The molecule has 0 fully saturated rings. The van der Waals surface area contributed by atoms with Crippen LogP contribution in [-0.4, -0.2) is 33.1 Å². The fourth-order valence-electron chi connectivity index (χ4n) is 1.46. The summed E-state index contributed by atoms with van der Waals surface area (Å²) in [5.74, 6) is 0.856. The Bertz CT molecular complexity index is 534. The highest BCUT2D eigenvalue weighted by molar-refractivity contribution is 6.02. The number of nitrogens with zero attached hydrogens (tertiary/aromatic N) is 4. The Morgan fingerprint density at radius 2 is 2.00 bits per heavy atom. The van der Waals surface area contributed by atoms with Gasteiger partial charge in [-0.3, -0.25) is 14.9 Å². The predicted molar refractivity (Wildman–Crippen MR) is 67.4 cm³/mol. The van der Waals surface area contributed by atoms with Gasteiger partial charge in [-0.05, 0) is 12.1 Å². The van der Waals surface area contributed by atoms with Gasteiger partial charge in [0.2, 0.25) is 5.82 Å². The molecule has 2 aromatic rings. The standard InChI is InChI=1S/C12H15N5O/c1-8(2)10-14-11(16-15-10)12(18)17(3)9-4-6-13-7-5-9/h4-8H,1-3H3,(H,14,15,16). The predicted octanol–water partition coefficient (Wildman–Crippen LogP) is 1.60. The summed E-state index contributed by atoms with van der Waals surface area (Å²) in [6.07, 6.45) is 3.27. The van der Waals surface area contributed by atoms with Crippen molar-refractivity contribution in [2.45, 2.75) is 19.8 Å². The van der Waals surface area contributed by atoms with Crippen LogP contribution in [0.1, 0.15) is 36.2 Å². The maximum absolute atomic E-state index is 12.1. The first-order valence-corrected chi connectivity index (χ1v) is 5.70. The molecular formula is C12H15N5O. The van der Waals surface area contributed by atoms with Gasteiger partial charge in [0.15, 0.2) is 0 Å². The van der Waals surface area contributed by atoms with Crippen LogP contribution in [0, 0.1) is 0 Å². The molecule has 1 amide bonds. The number of hydrogen-bond donors (Lipinski definition) is 1. The van der Waals surface area contributed by atoms with Crippen molar-refractivity contribution in [1.29, 1.82) is 0 Å². The molecule has 0 radical (unpaired) electrons. The highest BCUT2D eigenvalue weighted by atomic mass is 16.2. The van der Waals surface area contributed by atoms with Crippen molar-refractivity contribution in [3.63, 3.8) is 0 Å². The van der Waals surface area contributed by atoms with Crippen LogP contribution in [0.3, 0.4) is 0 Å². The average Bonchev–Trinajstić information content (AvgIpc) is 2.88. The largest absolute Gasteiger partial charge is 0.309 e. The van der Waals surface area contributed by atoms with E-state index < -0.39 is 0 Å². The van der Waals surface area contributed by atoms with Crippen molar-refractivity contribution in [3.8, 4) is 0 Å². The van der Waals surface area contributed by atoms with Crippen LogP contribution in [0.4, 0.5) is 5.69 Å². The molecule has 0 bridgehead atoms. The smallest absolute Gasteiger partial charge is 0.297 e. The van der Waals surface area contributed by atoms with Gasteiger partial charge in [0, 0.05) is 31.0 Å². The molecule has 94 valence electrons. The van der Waals surface area contributed by atoms with Crippen molar-refractivity contribution in [3.05, 3.63) is 36.2 Å². The molecule has 0 aliphatic carbocycles. The second-order valence-corrected chi connectivity index (χ2v) is 4.27. The number of pyridine rings is 1. The van der Waals surface area contributed by atoms with E-state index in [0.717, 1.165) is 5.69 Å². The van der Waals surface area contributed by atoms with E-state index in [1.165, 1.54) is 4.90 Å². The van der Waals surface area contributed by atoms with Crippen molar-refractivity contribution in [2.75, 3.05) is 11.9 Å². The van der Waals surface area contributed by atoms with Crippen LogP contribution >= 0.6 is 0 Å². The number of rotatable bonds is 3. The molecule has 2 aromatic heterocycles. The first kappa shape index (κ1) is 12.2. The minimum atomic E-state index is -0.246. The van der Waals surface area contributed by atoms with E-state index in [-0.39, 0.29) is 17.6 Å². The minimum Gasteiger partial charge on any atom is -0.309 e. The summed E-state index contributed by atoms with van der Waals surface area (Å²) in [5, 5.41) is 6.71. The third-order valence-electron chi connectivity index (χ3n) is 2.60. The van der Waals surface area contributed by atoms with E-state index in [9.17, 15) is 4.79 Å². The highest BCUT2D eigenvalue weighted by Crippen LogP contribution is 2.13. The molecule has 18 heavy (non-hydrogen) atoms. The molecule has 0 aliphatic heterocycles. The molecule has 0 aromatic carbocycles. The summed E-state index contributed by atoms with van der Waals surface area (Å²) in [4.78, 5) is 21.7. The summed E-state index contributed by atoms with van der Waals surface area (Å²) in [5.41, 5.74) is 0.755. The fraction of sp³-hybridized carbons (Fsp3) is 0.333. The van der Waals surface area contributed by atoms with Gasteiger partial charge < -0.3 is 4.90 Å². The minimum absolute atomic E-state index is 0.179. The first-order valence-electron chi connectivity index (χ1n) is 5.70. The zero-order valence-corrected chi connectivity index (χ0v) is 10.6. The van der Waals surface area contributed by atoms with E-state index in [1.54, 1.807) is 31.6 Å². The lowest BCUT2D eigenvalue weighted by Crippen LogP contribution is -2.27. The number of amides is 1. The molecule has 6 nitrogen and oxygen atoms in total. The monoisotopic (exact) mass is 245 g/mol. The number of aromatic amines is 1. The Balaban J connectivity index is 2.20. The van der Waals surface area contributed by atoms with E-state index in [4.69, 9.17) is 0 Å². The number of anilines is 1. The number of carbonyl (C=O) groups excluding carboxylic acids is 1. The second kappa shape index (κ2) is 4.95. The Hall–Kier alpha value is -2.24. The summed E-state index contributed by atoms with van der Waals surface area (Å²) in [6.45, 7) is 3.97. The van der Waals surface area contributed by atoms with Gasteiger partial charge in [0.05, 0.1) is 0 Å². The van der Waals surface area contributed by atoms with Crippen LogP contribution in [0.15, 0.2) is 24.5 Å². The molecule has 1 N–H and O–H groups in total. The molecule has 6 heteroatoms. The molecule has 0 saturated carbocycles. The maximum atomic E-state index is 12.1. The number of H-pyrrole nitrogens is 1. The maximum Gasteiger partial charge on any atom is 0.297 e. The van der Waals surface area contributed by atoms with Crippen molar-refractivity contribution >= 4 is 11.6 Å². The quantitative estimate of drug-likeness (QED) is 0.891. The zero-order valence-electron chi connectivity index (χ0n) is 10.6. The van der Waals surface area contributed by atoms with Crippen LogP contribution < -0.4 is 4.90 Å². The van der Waals surface area contributed by atoms with E-state index in [0.29, 0.717) is 5.82 Å². The van der Waals surface area contributed by atoms with Crippen LogP contribution in [0.5, 0.6) is 0 Å². The summed E-state index contributed by atoms with van der Waals surface area (Å²) >= 11 is 0. The normalized spacial score (nSPS) is 10.7. The molecule has 0 atom stereocenters. The summed E-state index contributed by atoms with van der Waals surface area (Å²) in [7, 11) is 1.68. The lowest BCUT2D eigenvalue weighted by molar-refractivity contribution is 0.0983. The van der Waals surface area contributed by atoms with Gasteiger partial charge in [-0.25, -0.2) is 4.98 Å². The van der Waals surface area contributed by atoms with Crippen molar-refractivity contribution < 1.29 is 4.79 Å². The number of hydrogen-bond acceptors (Lipinski definition) is 4. The molecule has 0 aliphatic rings. The molecule has 2 rings (SSSR count). The second-order valence-electron chi connectivity index (χ2n) is 4.27. The Morgan fingerprint density at radius 1 is 1.33 bits per heavy atom. The van der Waals surface area contributed by atoms with Crippen LogP contribution in [0.25, 0.3) is 0 Å². The third kappa shape index (κ3) is 2.37. The third-order valence-corrected chi connectivity index (χ3v) is 2.60. The van der Waals surface area contributed by atoms with Gasteiger partial charge in [-0.15, -0.1) is 5.10 Å². The Morgan fingerprint density at radius 3 is 2.56 bits per heavy atom. The van der Waals surface area contributed by atoms with Gasteiger partial charge in [0.25, 0.3) is 5.91 Å².